The predicted octanol–water partition coefficient (Wildman–Crippen LogP) is 2.62. The van der Waals surface area contributed by atoms with Gasteiger partial charge in [0.15, 0.2) is 5.96 Å². The second-order valence-electron chi connectivity index (χ2n) is 6.23. The number of guanidine groups is 1. The molecule has 3 heteroatoms. The normalized spacial score (nSPS) is 20.1. The van der Waals surface area contributed by atoms with E-state index in [1.807, 2.05) is 6.07 Å². The van der Waals surface area contributed by atoms with Gasteiger partial charge >= 0.3 is 0 Å². The van der Waals surface area contributed by atoms with Crippen molar-refractivity contribution in [2.75, 3.05) is 6.54 Å². The summed E-state index contributed by atoms with van der Waals surface area (Å²) in [7, 11) is 0. The summed E-state index contributed by atoms with van der Waals surface area (Å²) in [4.78, 5) is 6.64. The van der Waals surface area contributed by atoms with Gasteiger partial charge in [-0.1, -0.05) is 51.1 Å². The molecule has 0 saturated heterocycles. The highest BCUT2D eigenvalue weighted by Crippen LogP contribution is 2.26. The third-order valence-corrected chi connectivity index (χ3v) is 3.24. The second kappa shape index (κ2) is 5.01. The standard InChI is InChI=1S/C15H23N3/c1-15(2,3)9-13-10-17-14(16)18(13)11-12-7-5-4-6-8-12/h4-8,13H,9-11H2,1-3H3,(H2,16,17). The van der Waals surface area contributed by atoms with Gasteiger partial charge in [-0.3, -0.25) is 4.99 Å². The monoisotopic (exact) mass is 245 g/mol. The number of benzene rings is 1. The number of rotatable bonds is 3. The van der Waals surface area contributed by atoms with Gasteiger partial charge < -0.3 is 10.6 Å². The van der Waals surface area contributed by atoms with Gasteiger partial charge in [0.05, 0.1) is 12.6 Å². The summed E-state index contributed by atoms with van der Waals surface area (Å²) in [6, 6.07) is 10.9. The molecule has 0 saturated carbocycles. The van der Waals surface area contributed by atoms with Crippen LogP contribution in [0.15, 0.2) is 35.3 Å². The van der Waals surface area contributed by atoms with Gasteiger partial charge in [0.2, 0.25) is 0 Å². The number of hydrogen-bond acceptors (Lipinski definition) is 3. The fourth-order valence-electron chi connectivity index (χ4n) is 2.45. The van der Waals surface area contributed by atoms with Gasteiger partial charge in [-0.2, -0.15) is 0 Å². The molecule has 0 fully saturated rings. The summed E-state index contributed by atoms with van der Waals surface area (Å²) in [5.41, 5.74) is 7.61. The molecule has 0 aromatic heterocycles. The second-order valence-corrected chi connectivity index (χ2v) is 6.23. The van der Waals surface area contributed by atoms with E-state index in [0.717, 1.165) is 19.5 Å². The summed E-state index contributed by atoms with van der Waals surface area (Å²) in [6.45, 7) is 8.49. The molecule has 2 N–H and O–H groups in total. The van der Waals surface area contributed by atoms with Gasteiger partial charge in [0, 0.05) is 6.54 Å². The van der Waals surface area contributed by atoms with Crippen LogP contribution >= 0.6 is 0 Å². The molecule has 2 rings (SSSR count). The van der Waals surface area contributed by atoms with E-state index in [1.54, 1.807) is 0 Å². The highest BCUT2D eigenvalue weighted by Gasteiger charge is 2.29. The maximum Gasteiger partial charge on any atom is 0.191 e. The summed E-state index contributed by atoms with van der Waals surface area (Å²) >= 11 is 0. The minimum absolute atomic E-state index is 0.305. The Morgan fingerprint density at radius 2 is 1.94 bits per heavy atom. The van der Waals surface area contributed by atoms with Crippen molar-refractivity contribution in [2.45, 2.75) is 39.8 Å². The lowest BCUT2D eigenvalue weighted by Crippen LogP contribution is -2.41. The average molecular weight is 245 g/mol. The van der Waals surface area contributed by atoms with Crippen molar-refractivity contribution in [3.05, 3.63) is 35.9 Å². The maximum absolute atomic E-state index is 6.01. The molecule has 1 aromatic carbocycles. The van der Waals surface area contributed by atoms with Crippen LogP contribution in [0.1, 0.15) is 32.8 Å². The number of nitrogens with zero attached hydrogens (tertiary/aromatic N) is 2. The molecule has 0 aliphatic carbocycles. The molecule has 0 amide bonds. The summed E-state index contributed by atoms with van der Waals surface area (Å²) in [6.07, 6.45) is 1.12. The van der Waals surface area contributed by atoms with E-state index >= 15 is 0 Å². The lowest BCUT2D eigenvalue weighted by Gasteiger charge is -2.31. The molecule has 1 heterocycles. The summed E-state index contributed by atoms with van der Waals surface area (Å²) < 4.78 is 0. The Morgan fingerprint density at radius 3 is 2.56 bits per heavy atom. The third kappa shape index (κ3) is 3.25. The summed E-state index contributed by atoms with van der Waals surface area (Å²) in [5, 5.41) is 0. The first-order valence-corrected chi connectivity index (χ1v) is 6.56. The van der Waals surface area contributed by atoms with Crippen LogP contribution < -0.4 is 5.73 Å². The molecule has 1 unspecified atom stereocenters. The predicted molar refractivity (Wildman–Crippen MR) is 76.3 cm³/mol. The minimum Gasteiger partial charge on any atom is -0.370 e. The Kier molecular flexibility index (Phi) is 3.60. The van der Waals surface area contributed by atoms with Crippen LogP contribution in [0.3, 0.4) is 0 Å². The Balaban J connectivity index is 2.06. The fraction of sp³-hybridized carbons (Fsp3) is 0.533. The Bertz CT molecular complexity index is 417. The summed E-state index contributed by atoms with van der Waals surface area (Å²) in [5.74, 6) is 0.688. The molecule has 1 aromatic rings. The lowest BCUT2D eigenvalue weighted by molar-refractivity contribution is 0.236. The van der Waals surface area contributed by atoms with Crippen molar-refractivity contribution in [3.8, 4) is 0 Å². The van der Waals surface area contributed by atoms with Crippen LogP contribution in [-0.2, 0) is 6.54 Å². The van der Waals surface area contributed by atoms with Gasteiger partial charge in [-0.15, -0.1) is 0 Å². The topological polar surface area (TPSA) is 41.6 Å². The third-order valence-electron chi connectivity index (χ3n) is 3.24. The lowest BCUT2D eigenvalue weighted by atomic mass is 9.87. The number of hydrogen-bond donors (Lipinski definition) is 1. The first-order chi connectivity index (χ1) is 8.46. The van der Waals surface area contributed by atoms with Crippen LogP contribution in [0.4, 0.5) is 0 Å². The fourth-order valence-corrected chi connectivity index (χ4v) is 2.45. The van der Waals surface area contributed by atoms with Gasteiger partial charge in [0.1, 0.15) is 0 Å². The van der Waals surface area contributed by atoms with Crippen molar-refractivity contribution in [1.29, 1.82) is 0 Å². The van der Waals surface area contributed by atoms with E-state index < -0.39 is 0 Å². The molecule has 98 valence electrons. The van der Waals surface area contributed by atoms with E-state index in [2.05, 4.69) is 54.9 Å². The quantitative estimate of drug-likeness (QED) is 0.889. The Morgan fingerprint density at radius 1 is 1.28 bits per heavy atom. The van der Waals surface area contributed by atoms with Crippen LogP contribution in [0, 0.1) is 5.41 Å². The smallest absolute Gasteiger partial charge is 0.191 e. The number of nitrogens with two attached hydrogens (primary N) is 1. The van der Waals surface area contributed by atoms with Crippen LogP contribution in [0.5, 0.6) is 0 Å². The average Bonchev–Trinajstić information content (AvgIpc) is 2.61. The van der Waals surface area contributed by atoms with Crippen LogP contribution in [0.2, 0.25) is 0 Å². The van der Waals surface area contributed by atoms with E-state index in [0.29, 0.717) is 17.4 Å². The molecular formula is C15H23N3. The van der Waals surface area contributed by atoms with E-state index in [1.165, 1.54) is 5.56 Å². The molecular weight excluding hydrogens is 222 g/mol. The molecule has 0 radical (unpaired) electrons. The van der Waals surface area contributed by atoms with E-state index in [9.17, 15) is 0 Å². The molecule has 1 atom stereocenters. The van der Waals surface area contributed by atoms with Crippen LogP contribution in [0.25, 0.3) is 0 Å². The van der Waals surface area contributed by atoms with Crippen molar-refractivity contribution in [1.82, 2.24) is 4.90 Å². The van der Waals surface area contributed by atoms with Gasteiger partial charge in [0.25, 0.3) is 0 Å². The minimum atomic E-state index is 0.305. The molecule has 0 bridgehead atoms. The Labute approximate surface area is 110 Å². The van der Waals surface area contributed by atoms with Crippen LogP contribution in [-0.4, -0.2) is 23.4 Å². The maximum atomic E-state index is 6.01. The van der Waals surface area contributed by atoms with Gasteiger partial charge in [-0.25, -0.2) is 0 Å². The van der Waals surface area contributed by atoms with Crippen molar-refractivity contribution in [2.24, 2.45) is 16.1 Å². The zero-order chi connectivity index (χ0) is 13.2. The first-order valence-electron chi connectivity index (χ1n) is 6.56. The first kappa shape index (κ1) is 12.9. The van der Waals surface area contributed by atoms with E-state index in [4.69, 9.17) is 5.73 Å². The van der Waals surface area contributed by atoms with Crippen molar-refractivity contribution >= 4 is 5.96 Å². The highest BCUT2D eigenvalue weighted by molar-refractivity contribution is 5.80. The zero-order valence-corrected chi connectivity index (χ0v) is 11.6. The van der Waals surface area contributed by atoms with Gasteiger partial charge in [-0.05, 0) is 17.4 Å². The largest absolute Gasteiger partial charge is 0.370 e. The molecule has 18 heavy (non-hydrogen) atoms. The molecule has 1 aliphatic heterocycles. The molecule has 3 nitrogen and oxygen atoms in total. The van der Waals surface area contributed by atoms with Crippen molar-refractivity contribution in [3.63, 3.8) is 0 Å². The molecule has 1 aliphatic rings. The zero-order valence-electron chi connectivity index (χ0n) is 11.6. The molecule has 0 spiro atoms. The Hall–Kier alpha value is -1.51. The van der Waals surface area contributed by atoms with Crippen molar-refractivity contribution < 1.29 is 0 Å². The van der Waals surface area contributed by atoms with E-state index in [-0.39, 0.29) is 0 Å². The SMILES string of the molecule is CC(C)(C)CC1CN=C(N)N1Cc1ccccc1. The number of aliphatic imine (C=N–C) groups is 1. The highest BCUT2D eigenvalue weighted by atomic mass is 15.3.